The Kier molecular flexibility index (Phi) is 4.76. The van der Waals surface area contributed by atoms with Gasteiger partial charge in [-0.25, -0.2) is 4.68 Å². The number of hydrogen-bond acceptors (Lipinski definition) is 4. The summed E-state index contributed by atoms with van der Waals surface area (Å²) in [5.41, 5.74) is 0. The van der Waals surface area contributed by atoms with Crippen molar-refractivity contribution in [1.82, 2.24) is 19.2 Å². The molecule has 1 aliphatic carbocycles. The Morgan fingerprint density at radius 2 is 2.00 bits per heavy atom. The van der Waals surface area contributed by atoms with Gasteiger partial charge in [-0.15, -0.1) is 0 Å². The molecule has 1 aromatic rings. The third-order valence-electron chi connectivity index (χ3n) is 4.93. The SMILES string of the molecule is COC1CCCC(c2nn(CN3CCCC3)c(=S)n2C)C1. The smallest absolute Gasteiger partial charge is 0.198 e. The molecule has 0 N–H and O–H groups in total. The summed E-state index contributed by atoms with van der Waals surface area (Å²) >= 11 is 5.58. The van der Waals surface area contributed by atoms with Crippen molar-refractivity contribution in [3.63, 3.8) is 0 Å². The van der Waals surface area contributed by atoms with E-state index in [1.807, 2.05) is 11.8 Å². The molecular formula is C15H26N4OS. The fraction of sp³-hybridized carbons (Fsp3) is 0.867. The Morgan fingerprint density at radius 1 is 1.24 bits per heavy atom. The Bertz CT molecular complexity index is 532. The molecule has 5 nitrogen and oxygen atoms in total. The molecule has 1 saturated carbocycles. The van der Waals surface area contributed by atoms with Crippen molar-refractivity contribution in [3.05, 3.63) is 10.6 Å². The van der Waals surface area contributed by atoms with Crippen LogP contribution in [-0.4, -0.2) is 45.6 Å². The van der Waals surface area contributed by atoms with Crippen molar-refractivity contribution in [1.29, 1.82) is 0 Å². The van der Waals surface area contributed by atoms with Crippen molar-refractivity contribution in [2.75, 3.05) is 20.2 Å². The lowest BCUT2D eigenvalue weighted by molar-refractivity contribution is 0.0619. The first-order valence-corrected chi connectivity index (χ1v) is 8.48. The molecule has 1 aliphatic heterocycles. The maximum Gasteiger partial charge on any atom is 0.198 e. The minimum atomic E-state index is 0.376. The number of rotatable bonds is 4. The highest BCUT2D eigenvalue weighted by Crippen LogP contribution is 2.33. The van der Waals surface area contributed by atoms with Crippen LogP contribution in [0.3, 0.4) is 0 Å². The standard InChI is InChI=1S/C15H26N4OS/c1-17-14(12-6-5-7-13(10-12)20-2)16-19(15(17)21)11-18-8-3-4-9-18/h12-13H,3-11H2,1-2H3. The van der Waals surface area contributed by atoms with Crippen LogP contribution < -0.4 is 0 Å². The second-order valence-corrected chi connectivity index (χ2v) is 6.75. The van der Waals surface area contributed by atoms with E-state index in [1.54, 1.807) is 0 Å². The monoisotopic (exact) mass is 310 g/mol. The molecule has 6 heteroatoms. The van der Waals surface area contributed by atoms with E-state index in [0.717, 1.165) is 23.7 Å². The van der Waals surface area contributed by atoms with Crippen molar-refractivity contribution in [3.8, 4) is 0 Å². The zero-order valence-electron chi connectivity index (χ0n) is 13.1. The molecule has 2 aliphatic rings. The fourth-order valence-corrected chi connectivity index (χ4v) is 3.85. The van der Waals surface area contributed by atoms with Crippen LogP contribution in [0.4, 0.5) is 0 Å². The van der Waals surface area contributed by atoms with E-state index in [-0.39, 0.29) is 0 Å². The first-order chi connectivity index (χ1) is 10.2. The number of aromatic nitrogens is 3. The van der Waals surface area contributed by atoms with Crippen molar-refractivity contribution in [2.45, 2.75) is 57.2 Å². The van der Waals surface area contributed by atoms with Crippen LogP contribution in [0, 0.1) is 4.77 Å². The predicted molar refractivity (Wildman–Crippen MR) is 84.8 cm³/mol. The van der Waals surface area contributed by atoms with Gasteiger partial charge in [0.2, 0.25) is 0 Å². The summed E-state index contributed by atoms with van der Waals surface area (Å²) in [5, 5.41) is 4.84. The average molecular weight is 310 g/mol. The number of hydrogen-bond donors (Lipinski definition) is 0. The lowest BCUT2D eigenvalue weighted by atomic mass is 9.86. The van der Waals surface area contributed by atoms with Gasteiger partial charge in [0, 0.05) is 20.1 Å². The van der Waals surface area contributed by atoms with Gasteiger partial charge in [0.05, 0.1) is 12.8 Å². The van der Waals surface area contributed by atoms with Crippen LogP contribution in [0.1, 0.15) is 50.3 Å². The first-order valence-electron chi connectivity index (χ1n) is 8.08. The van der Waals surface area contributed by atoms with Crippen LogP contribution in [0.2, 0.25) is 0 Å². The number of methoxy groups -OCH3 is 1. The van der Waals surface area contributed by atoms with Crippen LogP contribution >= 0.6 is 12.2 Å². The lowest BCUT2D eigenvalue weighted by Gasteiger charge is -2.27. The molecule has 1 saturated heterocycles. The second-order valence-electron chi connectivity index (χ2n) is 6.39. The Hall–Kier alpha value is -0.720. The molecule has 3 rings (SSSR count). The molecule has 0 spiro atoms. The van der Waals surface area contributed by atoms with E-state index in [2.05, 4.69) is 16.5 Å². The van der Waals surface area contributed by atoms with E-state index in [9.17, 15) is 0 Å². The third-order valence-corrected chi connectivity index (χ3v) is 5.42. The number of likely N-dealkylation sites (tertiary alicyclic amines) is 1. The quantitative estimate of drug-likeness (QED) is 0.801. The molecule has 21 heavy (non-hydrogen) atoms. The van der Waals surface area contributed by atoms with Gasteiger partial charge in [-0.3, -0.25) is 4.90 Å². The average Bonchev–Trinajstić information content (AvgIpc) is 3.11. The third kappa shape index (κ3) is 3.22. The second kappa shape index (κ2) is 6.58. The van der Waals surface area contributed by atoms with E-state index in [1.165, 1.54) is 45.2 Å². The minimum Gasteiger partial charge on any atom is -0.381 e. The van der Waals surface area contributed by atoms with Gasteiger partial charge in [-0.1, -0.05) is 6.42 Å². The van der Waals surface area contributed by atoms with Crippen LogP contribution in [0.25, 0.3) is 0 Å². The van der Waals surface area contributed by atoms with Gasteiger partial charge in [0.1, 0.15) is 5.82 Å². The zero-order chi connectivity index (χ0) is 14.8. The minimum absolute atomic E-state index is 0.376. The summed E-state index contributed by atoms with van der Waals surface area (Å²) in [5.74, 6) is 1.62. The summed E-state index contributed by atoms with van der Waals surface area (Å²) in [7, 11) is 3.87. The van der Waals surface area contributed by atoms with Gasteiger partial charge >= 0.3 is 0 Å². The van der Waals surface area contributed by atoms with Gasteiger partial charge in [-0.2, -0.15) is 5.10 Å². The van der Waals surface area contributed by atoms with Gasteiger partial charge in [-0.05, 0) is 57.4 Å². The lowest BCUT2D eigenvalue weighted by Crippen LogP contribution is -2.24. The van der Waals surface area contributed by atoms with Gasteiger partial charge in [0.15, 0.2) is 4.77 Å². The summed E-state index contributed by atoms with van der Waals surface area (Å²) in [4.78, 5) is 2.44. The highest BCUT2D eigenvalue weighted by molar-refractivity contribution is 7.71. The number of ether oxygens (including phenoxy) is 1. The Balaban J connectivity index is 1.77. The molecule has 2 heterocycles. The van der Waals surface area contributed by atoms with Crippen LogP contribution in [0.5, 0.6) is 0 Å². The molecule has 2 fully saturated rings. The summed E-state index contributed by atoms with van der Waals surface area (Å²) in [6.45, 7) is 3.18. The van der Waals surface area contributed by atoms with E-state index in [4.69, 9.17) is 22.1 Å². The molecule has 0 amide bonds. The molecule has 2 unspecified atom stereocenters. The first kappa shape index (κ1) is 15.2. The molecule has 2 atom stereocenters. The highest BCUT2D eigenvalue weighted by Gasteiger charge is 2.27. The highest BCUT2D eigenvalue weighted by atomic mass is 32.1. The molecule has 0 radical (unpaired) electrons. The molecule has 118 valence electrons. The van der Waals surface area contributed by atoms with Crippen molar-refractivity contribution >= 4 is 12.2 Å². The Labute approximate surface area is 131 Å². The summed E-state index contributed by atoms with van der Waals surface area (Å²) < 4.78 is 10.5. The van der Waals surface area contributed by atoms with Crippen LogP contribution in [0.15, 0.2) is 0 Å². The van der Waals surface area contributed by atoms with Crippen LogP contribution in [-0.2, 0) is 18.5 Å². The molecule has 1 aromatic heterocycles. The summed E-state index contributed by atoms with van der Waals surface area (Å²) in [6.07, 6.45) is 7.63. The van der Waals surface area contributed by atoms with Crippen molar-refractivity contribution < 1.29 is 4.74 Å². The molecule has 0 aromatic carbocycles. The Morgan fingerprint density at radius 3 is 2.71 bits per heavy atom. The topological polar surface area (TPSA) is 35.2 Å². The summed E-state index contributed by atoms with van der Waals surface area (Å²) in [6, 6.07) is 0. The molecule has 0 bridgehead atoms. The predicted octanol–water partition coefficient (Wildman–Crippen LogP) is 2.68. The largest absolute Gasteiger partial charge is 0.381 e. The zero-order valence-corrected chi connectivity index (χ0v) is 13.9. The van der Waals surface area contributed by atoms with E-state index < -0.39 is 0 Å². The maximum absolute atomic E-state index is 5.58. The van der Waals surface area contributed by atoms with E-state index >= 15 is 0 Å². The van der Waals surface area contributed by atoms with Gasteiger partial charge in [0.25, 0.3) is 0 Å². The normalized spacial score (nSPS) is 27.3. The molecular weight excluding hydrogens is 284 g/mol. The van der Waals surface area contributed by atoms with Crippen molar-refractivity contribution in [2.24, 2.45) is 7.05 Å². The number of nitrogens with zero attached hydrogens (tertiary/aromatic N) is 4. The maximum atomic E-state index is 5.58. The fourth-order valence-electron chi connectivity index (χ4n) is 3.66. The van der Waals surface area contributed by atoms with Gasteiger partial charge < -0.3 is 9.30 Å². The van der Waals surface area contributed by atoms with E-state index in [0.29, 0.717) is 12.0 Å².